The molecule has 122 valence electrons. The lowest BCUT2D eigenvalue weighted by molar-refractivity contribution is 0.0942. The third-order valence-electron chi connectivity index (χ3n) is 4.17. The lowest BCUT2D eigenvalue weighted by Crippen LogP contribution is -2.30. The molecule has 0 saturated carbocycles. The lowest BCUT2D eigenvalue weighted by Gasteiger charge is -2.15. The fourth-order valence-electron chi connectivity index (χ4n) is 2.68. The Morgan fingerprint density at radius 2 is 1.78 bits per heavy atom. The summed E-state index contributed by atoms with van der Waals surface area (Å²) < 4.78 is 0. The van der Waals surface area contributed by atoms with E-state index < -0.39 is 0 Å². The zero-order valence-electron chi connectivity index (χ0n) is 13.7. The van der Waals surface area contributed by atoms with Crippen molar-refractivity contribution in [2.45, 2.75) is 26.2 Å². The molecule has 23 heavy (non-hydrogen) atoms. The van der Waals surface area contributed by atoms with Crippen LogP contribution in [0.5, 0.6) is 0 Å². The Hall–Kier alpha value is -2.13. The molecular weight excluding hydrogens is 286 g/mol. The van der Waals surface area contributed by atoms with Crippen molar-refractivity contribution in [1.29, 1.82) is 0 Å². The van der Waals surface area contributed by atoms with E-state index in [9.17, 15) is 4.79 Å². The minimum atomic E-state index is -0.0343. The van der Waals surface area contributed by atoms with E-state index in [0.29, 0.717) is 12.5 Å². The molecule has 1 atom stereocenters. The summed E-state index contributed by atoms with van der Waals surface area (Å²) in [7, 11) is 0. The Labute approximate surface area is 138 Å². The average Bonchev–Trinajstić information content (AvgIpc) is 2.59. The molecule has 0 aliphatic heterocycles. The van der Waals surface area contributed by atoms with Gasteiger partial charge in [0.25, 0.3) is 5.91 Å². The van der Waals surface area contributed by atoms with Crippen LogP contribution < -0.4 is 5.32 Å². The summed E-state index contributed by atoms with van der Waals surface area (Å²) in [5, 5.41) is 12.1. The van der Waals surface area contributed by atoms with Gasteiger partial charge >= 0.3 is 0 Å². The number of aliphatic hydroxyl groups excluding tert-OH is 1. The van der Waals surface area contributed by atoms with E-state index >= 15 is 0 Å². The van der Waals surface area contributed by atoms with Gasteiger partial charge in [-0.15, -0.1) is 0 Å². The second kappa shape index (κ2) is 9.11. The van der Waals surface area contributed by atoms with Crippen LogP contribution in [0, 0.1) is 5.92 Å². The predicted octanol–water partition coefficient (Wildman–Crippen LogP) is 3.42. The van der Waals surface area contributed by atoms with E-state index in [4.69, 9.17) is 5.11 Å². The van der Waals surface area contributed by atoms with Crippen molar-refractivity contribution in [1.82, 2.24) is 5.32 Å². The maximum Gasteiger partial charge on any atom is 0.251 e. The van der Waals surface area contributed by atoms with Crippen molar-refractivity contribution < 1.29 is 9.90 Å². The first-order chi connectivity index (χ1) is 11.2. The van der Waals surface area contributed by atoms with Crippen LogP contribution in [0.25, 0.3) is 0 Å². The summed E-state index contributed by atoms with van der Waals surface area (Å²) in [5.74, 6) is 0.290. The summed E-state index contributed by atoms with van der Waals surface area (Å²) in [6.07, 6.45) is 2.42. The molecule has 3 nitrogen and oxygen atoms in total. The first-order valence-corrected chi connectivity index (χ1v) is 8.25. The highest BCUT2D eigenvalue weighted by Crippen LogP contribution is 2.15. The Bertz CT molecular complexity index is 610. The molecule has 0 aliphatic carbocycles. The van der Waals surface area contributed by atoms with Gasteiger partial charge in [0.2, 0.25) is 0 Å². The molecule has 2 aromatic carbocycles. The molecule has 0 aromatic heterocycles. The molecule has 1 amide bonds. The number of aliphatic hydroxyl groups is 1. The van der Waals surface area contributed by atoms with Crippen LogP contribution in [0.3, 0.4) is 0 Å². The molecule has 0 fully saturated rings. The van der Waals surface area contributed by atoms with Crippen LogP contribution in [0.2, 0.25) is 0 Å². The Morgan fingerprint density at radius 1 is 1.09 bits per heavy atom. The van der Waals surface area contributed by atoms with Gasteiger partial charge in [-0.1, -0.05) is 61.9 Å². The van der Waals surface area contributed by atoms with Crippen molar-refractivity contribution >= 4 is 5.91 Å². The van der Waals surface area contributed by atoms with Crippen molar-refractivity contribution in [3.05, 3.63) is 71.3 Å². The zero-order chi connectivity index (χ0) is 16.5. The van der Waals surface area contributed by atoms with Crippen LogP contribution in [0.4, 0.5) is 0 Å². The number of amides is 1. The van der Waals surface area contributed by atoms with E-state index in [-0.39, 0.29) is 12.5 Å². The second-order valence-electron chi connectivity index (χ2n) is 5.82. The fraction of sp³-hybridized carbons (Fsp3) is 0.350. The van der Waals surface area contributed by atoms with E-state index in [2.05, 4.69) is 24.4 Å². The third-order valence-corrected chi connectivity index (χ3v) is 4.17. The maximum atomic E-state index is 12.5. The van der Waals surface area contributed by atoms with Gasteiger partial charge in [-0.25, -0.2) is 0 Å². The van der Waals surface area contributed by atoms with E-state index in [1.807, 2.05) is 42.5 Å². The van der Waals surface area contributed by atoms with Crippen molar-refractivity contribution in [2.75, 3.05) is 13.2 Å². The van der Waals surface area contributed by atoms with Gasteiger partial charge in [-0.2, -0.15) is 0 Å². The first-order valence-electron chi connectivity index (χ1n) is 8.25. The summed E-state index contributed by atoms with van der Waals surface area (Å²) in [6, 6.07) is 17.9. The van der Waals surface area contributed by atoms with Crippen molar-refractivity contribution in [2.24, 2.45) is 5.92 Å². The van der Waals surface area contributed by atoms with Crippen LogP contribution in [0.1, 0.15) is 41.3 Å². The quantitative estimate of drug-likeness (QED) is 0.785. The number of benzene rings is 2. The molecule has 3 heteroatoms. The number of rotatable bonds is 8. The number of carbonyl (C=O) groups is 1. The Balaban J connectivity index is 2.05. The second-order valence-corrected chi connectivity index (χ2v) is 5.82. The zero-order valence-corrected chi connectivity index (χ0v) is 13.7. The first kappa shape index (κ1) is 17.2. The number of hydrogen-bond acceptors (Lipinski definition) is 2. The highest BCUT2D eigenvalue weighted by molar-refractivity contribution is 5.95. The molecule has 2 aromatic rings. The molecular formula is C20H25NO2. The van der Waals surface area contributed by atoms with Gasteiger partial charge in [0, 0.05) is 18.7 Å². The fourth-order valence-corrected chi connectivity index (χ4v) is 2.68. The lowest BCUT2D eigenvalue weighted by atomic mass is 9.98. The van der Waals surface area contributed by atoms with E-state index in [1.54, 1.807) is 0 Å². The molecule has 0 bridgehead atoms. The maximum absolute atomic E-state index is 12.5. The molecule has 1 unspecified atom stereocenters. The molecule has 2 N–H and O–H groups in total. The van der Waals surface area contributed by atoms with Gasteiger partial charge in [0.05, 0.1) is 0 Å². The van der Waals surface area contributed by atoms with Crippen LogP contribution >= 0.6 is 0 Å². The van der Waals surface area contributed by atoms with E-state index in [0.717, 1.165) is 30.4 Å². The topological polar surface area (TPSA) is 49.3 Å². The van der Waals surface area contributed by atoms with Gasteiger partial charge in [-0.05, 0) is 36.0 Å². The number of carbonyl (C=O) groups excluding carboxylic acids is 1. The van der Waals surface area contributed by atoms with Crippen LogP contribution in [-0.2, 0) is 6.42 Å². The summed E-state index contributed by atoms with van der Waals surface area (Å²) in [6.45, 7) is 2.85. The smallest absolute Gasteiger partial charge is 0.251 e. The molecule has 0 spiro atoms. The highest BCUT2D eigenvalue weighted by atomic mass is 16.3. The Morgan fingerprint density at radius 3 is 2.48 bits per heavy atom. The molecule has 0 heterocycles. The van der Waals surface area contributed by atoms with Crippen molar-refractivity contribution in [3.63, 3.8) is 0 Å². The summed E-state index contributed by atoms with van der Waals surface area (Å²) in [4.78, 5) is 12.5. The van der Waals surface area contributed by atoms with Crippen molar-refractivity contribution in [3.8, 4) is 0 Å². The standard InChI is InChI=1S/C20H25NO2/c1-2-16(12-13-22)15-21-20(23)19-11-7-6-10-18(19)14-17-8-4-3-5-9-17/h3-11,16,22H,2,12-15H2,1H3,(H,21,23). The average molecular weight is 311 g/mol. The van der Waals surface area contributed by atoms with Gasteiger partial charge in [0.1, 0.15) is 0 Å². The largest absolute Gasteiger partial charge is 0.396 e. The Kier molecular flexibility index (Phi) is 6.82. The highest BCUT2D eigenvalue weighted by Gasteiger charge is 2.13. The van der Waals surface area contributed by atoms with Gasteiger partial charge in [0.15, 0.2) is 0 Å². The number of nitrogens with one attached hydrogen (secondary N) is 1. The van der Waals surface area contributed by atoms with Gasteiger partial charge < -0.3 is 10.4 Å². The van der Waals surface area contributed by atoms with E-state index in [1.165, 1.54) is 5.56 Å². The minimum absolute atomic E-state index is 0.0343. The SMILES string of the molecule is CCC(CCO)CNC(=O)c1ccccc1Cc1ccccc1. The molecule has 0 saturated heterocycles. The monoisotopic (exact) mass is 311 g/mol. The predicted molar refractivity (Wildman–Crippen MR) is 93.5 cm³/mol. The normalized spacial score (nSPS) is 11.9. The summed E-state index contributed by atoms with van der Waals surface area (Å²) in [5.41, 5.74) is 2.96. The third kappa shape index (κ3) is 5.22. The van der Waals surface area contributed by atoms with Gasteiger partial charge in [-0.3, -0.25) is 4.79 Å². The molecule has 2 rings (SSSR count). The van der Waals surface area contributed by atoms with Crippen LogP contribution in [0.15, 0.2) is 54.6 Å². The number of hydrogen-bond donors (Lipinski definition) is 2. The summed E-state index contributed by atoms with van der Waals surface area (Å²) >= 11 is 0. The molecule has 0 radical (unpaired) electrons. The molecule has 0 aliphatic rings. The van der Waals surface area contributed by atoms with Crippen LogP contribution in [-0.4, -0.2) is 24.2 Å². The minimum Gasteiger partial charge on any atom is -0.396 e.